The quantitative estimate of drug-likeness (QED) is 0.156. The van der Waals surface area contributed by atoms with E-state index in [-0.39, 0.29) is 29.5 Å². The number of piperazine rings is 1. The number of hydrogen-bond donors (Lipinski definition) is 2. The molecule has 0 bridgehead atoms. The van der Waals surface area contributed by atoms with Crippen LogP contribution in [0.3, 0.4) is 0 Å². The van der Waals surface area contributed by atoms with Gasteiger partial charge in [-0.3, -0.25) is 4.90 Å². The van der Waals surface area contributed by atoms with Gasteiger partial charge in [0.2, 0.25) is 5.95 Å². The van der Waals surface area contributed by atoms with Crippen LogP contribution in [0.2, 0.25) is 0 Å². The van der Waals surface area contributed by atoms with E-state index in [0.717, 1.165) is 56.7 Å². The Kier molecular flexibility index (Phi) is 12.6. The van der Waals surface area contributed by atoms with Gasteiger partial charge in [0, 0.05) is 68.6 Å². The smallest absolute Gasteiger partial charge is 0.410 e. The molecule has 288 valence electrons. The highest BCUT2D eigenvalue weighted by atomic mass is 31.2. The highest BCUT2D eigenvalue weighted by Crippen LogP contribution is 2.39. The number of nitrogens with one attached hydrogen (secondary N) is 2. The Balaban J connectivity index is 1.32. The van der Waals surface area contributed by atoms with Gasteiger partial charge in [-0.15, -0.1) is 0 Å². The summed E-state index contributed by atoms with van der Waals surface area (Å²) in [5, 5.41) is 7.21. The number of methoxy groups -OCH3 is 1. The Hall–Kier alpha value is -4.35. The van der Waals surface area contributed by atoms with Gasteiger partial charge in [-0.2, -0.15) is 4.98 Å². The second-order valence-corrected chi connectivity index (χ2v) is 18.5. The van der Waals surface area contributed by atoms with Crippen LogP contribution in [0, 0.1) is 0 Å². The van der Waals surface area contributed by atoms with Crippen molar-refractivity contribution in [3.8, 4) is 5.75 Å². The van der Waals surface area contributed by atoms with Crippen LogP contribution in [0.5, 0.6) is 5.75 Å². The molecule has 5 rings (SSSR count). The predicted molar refractivity (Wildman–Crippen MR) is 212 cm³/mol. The lowest BCUT2D eigenvalue weighted by atomic mass is 9.99. The number of ether oxygens (including phenoxy) is 3. The van der Waals surface area contributed by atoms with Gasteiger partial charge in [0.05, 0.1) is 24.6 Å². The number of nitrogens with zero attached hydrogens (tertiary/aromatic N) is 5. The lowest BCUT2D eigenvalue weighted by molar-refractivity contribution is 0.00898. The van der Waals surface area contributed by atoms with Crippen LogP contribution in [0.4, 0.5) is 33.6 Å². The number of hydrogen-bond acceptors (Lipinski definition) is 12. The Morgan fingerprint density at radius 1 is 0.981 bits per heavy atom. The molecule has 2 N–H and O–H groups in total. The van der Waals surface area contributed by atoms with Gasteiger partial charge in [0.1, 0.15) is 24.1 Å². The maximum Gasteiger partial charge on any atom is 0.410 e. The largest absolute Gasteiger partial charge is 0.494 e. The first kappa shape index (κ1) is 39.8. The molecule has 0 spiro atoms. The average molecular weight is 750 g/mol. The second kappa shape index (κ2) is 16.8. The van der Waals surface area contributed by atoms with E-state index < -0.39 is 18.7 Å². The molecule has 1 aromatic heterocycles. The third kappa shape index (κ3) is 10.2. The Labute approximate surface area is 314 Å². The molecule has 2 aliphatic rings. The third-order valence-corrected chi connectivity index (χ3v) is 11.0. The Morgan fingerprint density at radius 2 is 1.66 bits per heavy atom. The summed E-state index contributed by atoms with van der Waals surface area (Å²) in [4.78, 5) is 41.6. The van der Waals surface area contributed by atoms with Crippen molar-refractivity contribution in [2.45, 2.75) is 78.6 Å². The maximum atomic E-state index is 13.1. The zero-order chi connectivity index (χ0) is 38.5. The molecule has 53 heavy (non-hydrogen) atoms. The van der Waals surface area contributed by atoms with E-state index >= 15 is 0 Å². The minimum absolute atomic E-state index is 0.158. The molecule has 0 atom stereocenters. The van der Waals surface area contributed by atoms with E-state index in [1.165, 1.54) is 6.20 Å². The summed E-state index contributed by atoms with van der Waals surface area (Å²) < 4.78 is 30.1. The second-order valence-electron chi connectivity index (χ2n) is 15.3. The molecular weight excluding hydrogens is 693 g/mol. The van der Waals surface area contributed by atoms with Crippen LogP contribution in [0.15, 0.2) is 42.6 Å². The van der Waals surface area contributed by atoms with Gasteiger partial charge in [-0.25, -0.2) is 14.6 Å². The summed E-state index contributed by atoms with van der Waals surface area (Å²) in [6.07, 6.45) is 3.73. The summed E-state index contributed by atoms with van der Waals surface area (Å²) in [7, 11) is -1.02. The number of esters is 1. The minimum atomic E-state index is -2.66. The van der Waals surface area contributed by atoms with Crippen molar-refractivity contribution in [2.24, 2.45) is 0 Å². The molecule has 0 aliphatic carbocycles. The van der Waals surface area contributed by atoms with Crippen LogP contribution in [0.1, 0.15) is 70.3 Å². The molecule has 2 aromatic carbocycles. The predicted octanol–water partition coefficient (Wildman–Crippen LogP) is 6.87. The first-order chi connectivity index (χ1) is 25.1. The van der Waals surface area contributed by atoms with E-state index in [2.05, 4.69) is 44.5 Å². The van der Waals surface area contributed by atoms with E-state index in [0.29, 0.717) is 41.6 Å². The first-order valence-corrected chi connectivity index (χ1v) is 21.1. The summed E-state index contributed by atoms with van der Waals surface area (Å²) in [5.41, 5.74) is 3.24. The van der Waals surface area contributed by atoms with E-state index in [4.69, 9.17) is 19.2 Å². The highest BCUT2D eigenvalue weighted by molar-refractivity contribution is 7.70. The fourth-order valence-corrected chi connectivity index (χ4v) is 7.94. The first-order valence-electron chi connectivity index (χ1n) is 18.5. The molecule has 0 unspecified atom stereocenters. The van der Waals surface area contributed by atoms with Crippen molar-refractivity contribution in [2.75, 3.05) is 75.2 Å². The number of para-hydroxylation sites is 1. The number of rotatable bonds is 11. The van der Waals surface area contributed by atoms with Crippen LogP contribution in [0.25, 0.3) is 0 Å². The number of carbonyl (C=O) groups is 2. The van der Waals surface area contributed by atoms with Crippen LogP contribution >= 0.6 is 7.14 Å². The number of benzene rings is 2. The van der Waals surface area contributed by atoms with Crippen LogP contribution < -0.4 is 25.6 Å². The number of piperidine rings is 1. The average Bonchev–Trinajstić information content (AvgIpc) is 3.10. The third-order valence-electron chi connectivity index (χ3n) is 9.40. The maximum absolute atomic E-state index is 13.1. The summed E-state index contributed by atoms with van der Waals surface area (Å²) >= 11 is 0. The zero-order valence-corrected chi connectivity index (χ0v) is 33.6. The highest BCUT2D eigenvalue weighted by Gasteiger charge is 2.31. The molecule has 2 saturated heterocycles. The van der Waals surface area contributed by atoms with Gasteiger partial charge in [0.25, 0.3) is 0 Å². The monoisotopic (exact) mass is 749 g/mol. The van der Waals surface area contributed by atoms with Crippen molar-refractivity contribution < 1.29 is 28.4 Å². The number of aryl methyl sites for hydroxylation is 1. The number of carbonyl (C=O) groups excluding carboxylic acids is 2. The lowest BCUT2D eigenvalue weighted by Gasteiger charge is -2.43. The van der Waals surface area contributed by atoms with Gasteiger partial charge in [-0.05, 0) is 91.0 Å². The topological polar surface area (TPSA) is 138 Å². The van der Waals surface area contributed by atoms with Crippen LogP contribution in [-0.4, -0.2) is 109 Å². The van der Waals surface area contributed by atoms with E-state index in [9.17, 15) is 14.2 Å². The van der Waals surface area contributed by atoms with Crippen molar-refractivity contribution in [3.63, 3.8) is 0 Å². The van der Waals surface area contributed by atoms with E-state index in [1.54, 1.807) is 34.3 Å². The molecule has 3 heterocycles. The molecule has 1 amide bonds. The summed E-state index contributed by atoms with van der Waals surface area (Å²) in [6.45, 7) is 19.7. The molecule has 2 aliphatic heterocycles. The molecule has 2 fully saturated rings. The Morgan fingerprint density at radius 3 is 2.26 bits per heavy atom. The summed E-state index contributed by atoms with van der Waals surface area (Å²) in [6, 6.07) is 11.9. The van der Waals surface area contributed by atoms with Gasteiger partial charge < -0.3 is 39.2 Å². The molecule has 0 saturated carbocycles. The van der Waals surface area contributed by atoms with Crippen molar-refractivity contribution in [1.82, 2.24) is 19.8 Å². The molecule has 3 aromatic rings. The fourth-order valence-electron chi connectivity index (χ4n) is 6.79. The number of amides is 1. The molecule has 13 nitrogen and oxygen atoms in total. The molecule has 14 heteroatoms. The van der Waals surface area contributed by atoms with Gasteiger partial charge >= 0.3 is 12.1 Å². The molecular formula is C39H56N7O6P. The van der Waals surface area contributed by atoms with E-state index in [1.807, 2.05) is 49.9 Å². The number of anilines is 5. The van der Waals surface area contributed by atoms with Gasteiger partial charge in [0.15, 0.2) is 5.82 Å². The van der Waals surface area contributed by atoms with Crippen molar-refractivity contribution in [3.05, 3.63) is 53.7 Å². The summed E-state index contributed by atoms with van der Waals surface area (Å²) in [5.74, 6) is 0.560. The molecule has 0 radical (unpaired) electrons. The zero-order valence-electron chi connectivity index (χ0n) is 32.7. The lowest BCUT2D eigenvalue weighted by Crippen LogP contribution is -2.55. The fraction of sp³-hybridized carbons (Fsp3) is 0.538. The Bertz CT molecular complexity index is 1810. The normalized spacial score (nSPS) is 16.0. The standard InChI is InChI=1S/C39H56N7O6P/c1-10-27-23-31(42-37-40-25-29(36(47)51-26(2)3)35(43-37)41-30-13-11-12-14-34(30)53(8,9)49)33(50-7)24-32(27)45-17-15-28(16-18-45)44-19-21-46(22-20-44)38(48)52-39(4,5)6/h11-14,23-26,28H,10,15-22H2,1-9H3,(H2,40,41,42,43). The van der Waals surface area contributed by atoms with Crippen molar-refractivity contribution in [1.29, 1.82) is 0 Å². The SMILES string of the molecule is CCc1cc(Nc2ncc(C(=O)OC(C)C)c(Nc3ccccc3P(C)(C)=O)n2)c(OC)cc1N1CCC(N2CCN(C(=O)OC(C)(C)C)CC2)CC1. The number of aromatic nitrogens is 2. The van der Waals surface area contributed by atoms with Crippen LogP contribution in [-0.2, 0) is 20.5 Å². The van der Waals surface area contributed by atoms with Crippen molar-refractivity contribution >= 4 is 53.3 Å². The van der Waals surface area contributed by atoms with Gasteiger partial charge in [-0.1, -0.05) is 19.1 Å². The minimum Gasteiger partial charge on any atom is -0.494 e.